The number of hydrogen-bond donors (Lipinski definition) is 0. The van der Waals surface area contributed by atoms with E-state index >= 15 is 0 Å². The smallest absolute Gasteiger partial charge is 0.267 e. The topological polar surface area (TPSA) is 61.2 Å². The maximum Gasteiger partial charge on any atom is 0.267 e. The molecule has 5 rings (SSSR count). The highest BCUT2D eigenvalue weighted by molar-refractivity contribution is 7.99. The highest BCUT2D eigenvalue weighted by atomic mass is 35.5. The van der Waals surface area contributed by atoms with Crippen LogP contribution in [0.1, 0.15) is 40.6 Å². The van der Waals surface area contributed by atoms with Crippen LogP contribution < -0.4 is 10.3 Å². The van der Waals surface area contributed by atoms with Crippen LogP contribution in [0.5, 0.6) is 5.75 Å². The number of halogens is 2. The first-order chi connectivity index (χ1) is 16.5. The first-order valence-electron chi connectivity index (χ1n) is 10.9. The van der Waals surface area contributed by atoms with Crippen molar-refractivity contribution >= 4 is 73.6 Å². The van der Waals surface area contributed by atoms with Gasteiger partial charge in [0.1, 0.15) is 14.9 Å². The molecule has 5 nitrogen and oxygen atoms in total. The summed E-state index contributed by atoms with van der Waals surface area (Å²) in [6.07, 6.45) is 4.10. The number of benzene rings is 1. The number of carbonyl (C=O) groups excluding carboxylic acids is 1. The molecular weight excluding hydrogens is 531 g/mol. The van der Waals surface area contributed by atoms with E-state index in [1.807, 2.05) is 31.2 Å². The average molecular weight is 552 g/mol. The zero-order valence-electron chi connectivity index (χ0n) is 18.2. The van der Waals surface area contributed by atoms with Gasteiger partial charge in [0.25, 0.3) is 5.56 Å². The van der Waals surface area contributed by atoms with Gasteiger partial charge in [0.05, 0.1) is 27.8 Å². The number of hydrogen-bond acceptors (Lipinski definition) is 7. The number of aromatic nitrogens is 2. The zero-order valence-corrected chi connectivity index (χ0v) is 22.2. The Hall–Kier alpha value is -1.84. The molecule has 3 aromatic heterocycles. The van der Waals surface area contributed by atoms with E-state index in [1.54, 1.807) is 22.0 Å². The van der Waals surface area contributed by atoms with E-state index in [0.717, 1.165) is 53.2 Å². The number of aryl methyl sites for hydroxylation is 2. The van der Waals surface area contributed by atoms with E-state index in [2.05, 4.69) is 0 Å². The SMILES string of the molecule is CCOc1ccc(-n2c(SCC(=O)c3cc(Cl)sc3Cl)nc3sc4c(c3c2=O)CCCC4)cc1. The molecule has 0 aliphatic heterocycles. The van der Waals surface area contributed by atoms with Crippen molar-refractivity contribution in [2.24, 2.45) is 0 Å². The minimum atomic E-state index is -0.156. The second-order valence-corrected chi connectivity index (χ2v) is 12.1. The average Bonchev–Trinajstić information content (AvgIpc) is 3.37. The Morgan fingerprint density at radius 2 is 1.94 bits per heavy atom. The highest BCUT2D eigenvalue weighted by Gasteiger charge is 2.24. The van der Waals surface area contributed by atoms with E-state index in [0.29, 0.717) is 37.1 Å². The summed E-state index contributed by atoms with van der Waals surface area (Å²) in [6, 6.07) is 8.96. The van der Waals surface area contributed by atoms with Crippen LogP contribution >= 0.6 is 57.6 Å². The molecule has 0 bridgehead atoms. The van der Waals surface area contributed by atoms with Gasteiger partial charge >= 0.3 is 0 Å². The Morgan fingerprint density at radius 1 is 1.18 bits per heavy atom. The highest BCUT2D eigenvalue weighted by Crippen LogP contribution is 2.36. The summed E-state index contributed by atoms with van der Waals surface area (Å²) < 4.78 is 8.00. The van der Waals surface area contributed by atoms with Gasteiger partial charge in [0.15, 0.2) is 10.9 Å². The van der Waals surface area contributed by atoms with Crippen LogP contribution in [0.25, 0.3) is 15.9 Å². The third kappa shape index (κ3) is 4.54. The molecule has 4 aromatic rings. The molecule has 0 atom stereocenters. The number of rotatable bonds is 7. The predicted octanol–water partition coefficient (Wildman–Crippen LogP) is 7.07. The summed E-state index contributed by atoms with van der Waals surface area (Å²) >= 11 is 16.2. The molecule has 0 fully saturated rings. The Balaban J connectivity index is 1.59. The molecular formula is C24H20Cl2N2O3S3. The maximum atomic E-state index is 13.8. The third-order valence-corrected chi connectivity index (χ3v) is 9.27. The van der Waals surface area contributed by atoms with Crippen LogP contribution in [0.15, 0.2) is 40.3 Å². The molecule has 0 unspecified atom stereocenters. The summed E-state index contributed by atoms with van der Waals surface area (Å²) in [4.78, 5) is 33.5. The van der Waals surface area contributed by atoms with E-state index in [1.165, 1.54) is 16.6 Å². The summed E-state index contributed by atoms with van der Waals surface area (Å²) in [5, 5.41) is 1.18. The minimum absolute atomic E-state index is 0.0901. The van der Waals surface area contributed by atoms with Gasteiger partial charge in [-0.2, -0.15) is 0 Å². The third-order valence-electron chi connectivity index (χ3n) is 5.65. The molecule has 0 spiro atoms. The Labute approximate surface area is 218 Å². The molecule has 0 amide bonds. The van der Waals surface area contributed by atoms with Gasteiger partial charge in [-0.1, -0.05) is 35.0 Å². The molecule has 1 aliphatic rings. The summed E-state index contributed by atoms with van der Waals surface area (Å²) in [7, 11) is 0. The Bertz CT molecular complexity index is 1440. The number of ketones is 1. The fraction of sp³-hybridized carbons (Fsp3) is 0.292. The number of thiophene rings is 2. The van der Waals surface area contributed by atoms with Crippen LogP contribution in [0, 0.1) is 0 Å². The fourth-order valence-corrected chi connectivity index (χ4v) is 7.80. The summed E-state index contributed by atoms with van der Waals surface area (Å²) in [5.41, 5.74) is 2.12. The van der Waals surface area contributed by atoms with Gasteiger partial charge in [-0.15, -0.1) is 22.7 Å². The lowest BCUT2D eigenvalue weighted by molar-refractivity contribution is 0.102. The number of nitrogens with zero attached hydrogens (tertiary/aromatic N) is 2. The van der Waals surface area contributed by atoms with Crippen LogP contribution in [0.4, 0.5) is 0 Å². The van der Waals surface area contributed by atoms with Crippen molar-refractivity contribution in [1.29, 1.82) is 0 Å². The van der Waals surface area contributed by atoms with Crippen molar-refractivity contribution < 1.29 is 9.53 Å². The molecule has 34 heavy (non-hydrogen) atoms. The van der Waals surface area contributed by atoms with Crippen molar-refractivity contribution in [2.75, 3.05) is 12.4 Å². The number of thioether (sulfide) groups is 1. The monoisotopic (exact) mass is 550 g/mol. The molecule has 0 saturated heterocycles. The normalized spacial score (nSPS) is 13.3. The van der Waals surface area contributed by atoms with Crippen LogP contribution in [-0.2, 0) is 12.8 Å². The largest absolute Gasteiger partial charge is 0.494 e. The lowest BCUT2D eigenvalue weighted by Crippen LogP contribution is -2.22. The molecule has 1 aliphatic carbocycles. The van der Waals surface area contributed by atoms with Gasteiger partial charge in [-0.25, -0.2) is 4.98 Å². The van der Waals surface area contributed by atoms with Crippen LogP contribution in [-0.4, -0.2) is 27.7 Å². The second kappa shape index (κ2) is 10.0. The number of carbonyl (C=O) groups is 1. The van der Waals surface area contributed by atoms with Crippen molar-refractivity contribution in [3.63, 3.8) is 0 Å². The first-order valence-corrected chi connectivity index (χ1v) is 14.2. The van der Waals surface area contributed by atoms with Crippen molar-refractivity contribution in [2.45, 2.75) is 37.8 Å². The Kier molecular flexibility index (Phi) is 7.04. The van der Waals surface area contributed by atoms with Gasteiger partial charge in [-0.05, 0) is 68.5 Å². The van der Waals surface area contributed by atoms with Crippen LogP contribution in [0.2, 0.25) is 8.67 Å². The van der Waals surface area contributed by atoms with E-state index in [-0.39, 0.29) is 17.1 Å². The quantitative estimate of drug-likeness (QED) is 0.140. The summed E-state index contributed by atoms with van der Waals surface area (Å²) in [5.74, 6) is 0.665. The molecule has 0 radical (unpaired) electrons. The lowest BCUT2D eigenvalue weighted by Gasteiger charge is -2.14. The predicted molar refractivity (Wildman–Crippen MR) is 142 cm³/mol. The molecule has 10 heteroatoms. The second-order valence-electron chi connectivity index (χ2n) is 7.80. The van der Waals surface area contributed by atoms with E-state index in [4.69, 9.17) is 32.9 Å². The van der Waals surface area contributed by atoms with Crippen molar-refractivity contribution in [3.05, 3.63) is 65.4 Å². The molecule has 0 saturated carbocycles. The van der Waals surface area contributed by atoms with E-state index < -0.39 is 0 Å². The molecule has 176 valence electrons. The van der Waals surface area contributed by atoms with Crippen molar-refractivity contribution in [3.8, 4) is 11.4 Å². The standard InChI is InChI=1S/C24H20Cl2N2O3S3/c1-2-31-14-9-7-13(8-10-14)28-23(30)20-15-5-3-4-6-18(15)33-22(20)27-24(28)32-12-17(29)16-11-19(25)34-21(16)26/h7-11H,2-6,12H2,1H3. The number of fused-ring (bicyclic) bond motifs is 3. The van der Waals surface area contributed by atoms with Gasteiger partial charge in [0.2, 0.25) is 0 Å². The van der Waals surface area contributed by atoms with Gasteiger partial charge in [-0.3, -0.25) is 14.2 Å². The van der Waals surface area contributed by atoms with Crippen LogP contribution in [0.3, 0.4) is 0 Å². The Morgan fingerprint density at radius 3 is 2.65 bits per heavy atom. The van der Waals surface area contributed by atoms with Gasteiger partial charge in [0, 0.05) is 10.4 Å². The summed E-state index contributed by atoms with van der Waals surface area (Å²) in [6.45, 7) is 2.49. The molecule has 0 N–H and O–H groups in total. The lowest BCUT2D eigenvalue weighted by atomic mass is 9.97. The molecule has 1 aromatic carbocycles. The number of Topliss-reactive ketones (excluding diaryl/α,β-unsaturated/α-hetero) is 1. The fourth-order valence-electron chi connectivity index (χ4n) is 4.11. The first kappa shape index (κ1) is 23.9. The van der Waals surface area contributed by atoms with Crippen molar-refractivity contribution in [1.82, 2.24) is 9.55 Å². The maximum absolute atomic E-state index is 13.8. The molecule has 3 heterocycles. The number of ether oxygens (including phenoxy) is 1. The van der Waals surface area contributed by atoms with Gasteiger partial charge < -0.3 is 4.74 Å². The minimum Gasteiger partial charge on any atom is -0.494 e. The zero-order chi connectivity index (χ0) is 23.8. The van der Waals surface area contributed by atoms with E-state index in [9.17, 15) is 9.59 Å².